The summed E-state index contributed by atoms with van der Waals surface area (Å²) >= 11 is 6.57. The Hall–Kier alpha value is -3.67. The van der Waals surface area contributed by atoms with Gasteiger partial charge in [0.1, 0.15) is 6.61 Å². The number of carbonyl (C=O) groups excluding carboxylic acids is 1. The SMILES string of the molecule is COCCOc1ccc(C(N)=O)c(-c2cc(C(c3ccccc3)C3CCCN3)ccc2Cl)c1F.O=C(O)C(F)(F)F. The van der Waals surface area contributed by atoms with Crippen LogP contribution in [0.25, 0.3) is 11.1 Å². The van der Waals surface area contributed by atoms with Gasteiger partial charge >= 0.3 is 12.1 Å². The van der Waals surface area contributed by atoms with Gasteiger partial charge < -0.3 is 25.6 Å². The predicted octanol–water partition coefficient (Wildman–Crippen LogP) is 5.79. The van der Waals surface area contributed by atoms with Gasteiger partial charge in [-0.3, -0.25) is 4.79 Å². The lowest BCUT2D eigenvalue weighted by atomic mass is 9.83. The van der Waals surface area contributed by atoms with E-state index in [1.807, 2.05) is 30.3 Å². The molecular formula is C29H29ClF4N2O5. The number of benzene rings is 3. The molecule has 220 valence electrons. The standard InChI is InChI=1S/C27H28ClFN2O3.C2HF3O2/c1-33-14-15-34-23-12-10-19(27(30)32)25(26(23)29)20-16-18(9-11-21(20)28)24(22-8-5-13-31-22)17-6-3-2-4-7-17;3-2(4,5)1(6)7/h2-4,6-7,9-12,16,22,24,31H,5,8,13-15H2,1H3,(H2,30,32);(H,6,7). The lowest BCUT2D eigenvalue weighted by Gasteiger charge is -2.26. The number of alkyl halides is 3. The van der Waals surface area contributed by atoms with E-state index in [1.54, 1.807) is 6.07 Å². The number of methoxy groups -OCH3 is 1. The number of hydrogen-bond acceptors (Lipinski definition) is 5. The molecule has 0 saturated carbocycles. The van der Waals surface area contributed by atoms with Gasteiger partial charge in [-0.1, -0.05) is 48.0 Å². The molecule has 3 aromatic rings. The van der Waals surface area contributed by atoms with Gasteiger partial charge in [0.15, 0.2) is 11.6 Å². The number of rotatable bonds is 9. The number of carboxylic acids is 1. The van der Waals surface area contributed by atoms with E-state index >= 15 is 4.39 Å². The van der Waals surface area contributed by atoms with Crippen LogP contribution in [0.5, 0.6) is 5.75 Å². The Morgan fingerprint density at radius 1 is 1.10 bits per heavy atom. The van der Waals surface area contributed by atoms with Crippen molar-refractivity contribution in [1.29, 1.82) is 0 Å². The number of halogens is 5. The van der Waals surface area contributed by atoms with Crippen molar-refractivity contribution in [3.8, 4) is 16.9 Å². The summed E-state index contributed by atoms with van der Waals surface area (Å²) in [5.41, 5.74) is 8.24. The molecule has 0 radical (unpaired) electrons. The summed E-state index contributed by atoms with van der Waals surface area (Å²) in [7, 11) is 1.54. The summed E-state index contributed by atoms with van der Waals surface area (Å²) in [6.07, 6.45) is -2.96. The smallest absolute Gasteiger partial charge is 0.488 e. The monoisotopic (exact) mass is 596 g/mol. The molecule has 1 aliphatic rings. The lowest BCUT2D eigenvalue weighted by Crippen LogP contribution is -2.29. The maximum atomic E-state index is 15.7. The van der Waals surface area contributed by atoms with Gasteiger partial charge in [0.25, 0.3) is 0 Å². The molecule has 1 amide bonds. The maximum absolute atomic E-state index is 15.7. The highest BCUT2D eigenvalue weighted by atomic mass is 35.5. The molecule has 7 nitrogen and oxygen atoms in total. The van der Waals surface area contributed by atoms with Crippen molar-refractivity contribution in [3.05, 3.63) is 88.2 Å². The average molecular weight is 597 g/mol. The molecule has 4 rings (SSSR count). The number of aliphatic carboxylic acids is 1. The molecule has 12 heteroatoms. The van der Waals surface area contributed by atoms with Crippen molar-refractivity contribution < 1.29 is 41.7 Å². The molecule has 0 spiro atoms. The number of nitrogens with two attached hydrogens (primary N) is 1. The second-order valence-electron chi connectivity index (χ2n) is 9.14. The molecular weight excluding hydrogens is 568 g/mol. The van der Waals surface area contributed by atoms with E-state index in [2.05, 4.69) is 17.4 Å². The van der Waals surface area contributed by atoms with Gasteiger partial charge in [0.05, 0.1) is 12.2 Å². The normalized spacial score (nSPS) is 15.5. The molecule has 4 N–H and O–H groups in total. The van der Waals surface area contributed by atoms with Gasteiger partial charge in [-0.2, -0.15) is 13.2 Å². The number of carbonyl (C=O) groups is 2. The second kappa shape index (κ2) is 14.3. The Morgan fingerprint density at radius 2 is 1.78 bits per heavy atom. The Kier molecular flexibility index (Phi) is 11.1. The van der Waals surface area contributed by atoms with Gasteiger partial charge in [-0.25, -0.2) is 9.18 Å². The zero-order valence-electron chi connectivity index (χ0n) is 22.0. The summed E-state index contributed by atoms with van der Waals surface area (Å²) in [6, 6.07) is 18.9. The fraction of sp³-hybridized carbons (Fsp3) is 0.310. The van der Waals surface area contributed by atoms with Crippen LogP contribution in [0, 0.1) is 5.82 Å². The molecule has 2 atom stereocenters. The van der Waals surface area contributed by atoms with Gasteiger partial charge in [0.2, 0.25) is 5.91 Å². The molecule has 1 aliphatic heterocycles. The molecule has 0 bridgehead atoms. The van der Waals surface area contributed by atoms with E-state index in [1.165, 1.54) is 19.2 Å². The number of nitrogens with one attached hydrogen (secondary N) is 1. The third kappa shape index (κ3) is 8.18. The van der Waals surface area contributed by atoms with Crippen molar-refractivity contribution >= 4 is 23.5 Å². The summed E-state index contributed by atoms with van der Waals surface area (Å²) in [4.78, 5) is 21.1. The quantitative estimate of drug-likeness (QED) is 0.213. The minimum Gasteiger partial charge on any atom is -0.488 e. The topological polar surface area (TPSA) is 111 Å². The number of amides is 1. The van der Waals surface area contributed by atoms with E-state index in [4.69, 9.17) is 36.7 Å². The Labute approximate surface area is 239 Å². The highest BCUT2D eigenvalue weighted by Crippen LogP contribution is 2.40. The summed E-state index contributed by atoms with van der Waals surface area (Å²) < 4.78 is 58.0. The maximum Gasteiger partial charge on any atom is 0.490 e. The Balaban J connectivity index is 0.000000587. The third-order valence-corrected chi connectivity index (χ3v) is 6.77. The Morgan fingerprint density at radius 3 is 2.34 bits per heavy atom. The van der Waals surface area contributed by atoms with Crippen LogP contribution in [-0.4, -0.2) is 56.1 Å². The van der Waals surface area contributed by atoms with E-state index in [0.29, 0.717) is 17.2 Å². The fourth-order valence-corrected chi connectivity index (χ4v) is 4.83. The van der Waals surface area contributed by atoms with Crippen LogP contribution in [0.1, 0.15) is 40.2 Å². The molecule has 1 heterocycles. The summed E-state index contributed by atoms with van der Waals surface area (Å²) in [5, 5.41) is 11.0. The first-order valence-corrected chi connectivity index (χ1v) is 13.0. The Bertz CT molecular complexity index is 1350. The van der Waals surface area contributed by atoms with Crippen LogP contribution in [-0.2, 0) is 9.53 Å². The third-order valence-electron chi connectivity index (χ3n) is 6.44. The van der Waals surface area contributed by atoms with Crippen LogP contribution in [0.4, 0.5) is 17.6 Å². The van der Waals surface area contributed by atoms with Crippen LogP contribution >= 0.6 is 11.6 Å². The van der Waals surface area contributed by atoms with E-state index in [9.17, 15) is 18.0 Å². The van der Waals surface area contributed by atoms with Crippen molar-refractivity contribution in [1.82, 2.24) is 5.32 Å². The number of carboxylic acid groups (broad SMARTS) is 1. The fourth-order valence-electron chi connectivity index (χ4n) is 4.61. The molecule has 2 unspecified atom stereocenters. The van der Waals surface area contributed by atoms with E-state index < -0.39 is 23.9 Å². The van der Waals surface area contributed by atoms with E-state index in [0.717, 1.165) is 30.5 Å². The van der Waals surface area contributed by atoms with Crippen LogP contribution in [0.3, 0.4) is 0 Å². The highest BCUT2D eigenvalue weighted by molar-refractivity contribution is 6.33. The van der Waals surface area contributed by atoms with Crippen LogP contribution in [0.2, 0.25) is 5.02 Å². The largest absolute Gasteiger partial charge is 0.490 e. The average Bonchev–Trinajstić information content (AvgIpc) is 3.45. The molecule has 0 aromatic heterocycles. The van der Waals surface area contributed by atoms with Crippen molar-refractivity contribution in [2.24, 2.45) is 5.73 Å². The second-order valence-corrected chi connectivity index (χ2v) is 9.55. The molecule has 1 saturated heterocycles. The van der Waals surface area contributed by atoms with E-state index in [-0.39, 0.29) is 35.4 Å². The van der Waals surface area contributed by atoms with Crippen molar-refractivity contribution in [2.75, 3.05) is 26.9 Å². The first-order valence-electron chi connectivity index (χ1n) is 12.6. The molecule has 3 aromatic carbocycles. The molecule has 41 heavy (non-hydrogen) atoms. The zero-order valence-corrected chi connectivity index (χ0v) is 22.8. The summed E-state index contributed by atoms with van der Waals surface area (Å²) in [5.74, 6) is -4.12. The highest BCUT2D eigenvalue weighted by Gasteiger charge is 2.38. The predicted molar refractivity (Wildman–Crippen MR) is 146 cm³/mol. The van der Waals surface area contributed by atoms with Crippen molar-refractivity contribution in [2.45, 2.75) is 31.0 Å². The number of primary amides is 1. The summed E-state index contributed by atoms with van der Waals surface area (Å²) in [6.45, 7) is 1.42. The van der Waals surface area contributed by atoms with Crippen LogP contribution in [0.15, 0.2) is 60.7 Å². The van der Waals surface area contributed by atoms with Crippen molar-refractivity contribution in [3.63, 3.8) is 0 Å². The minimum absolute atomic E-state index is 0.00980. The number of hydrogen-bond donors (Lipinski definition) is 3. The lowest BCUT2D eigenvalue weighted by molar-refractivity contribution is -0.192. The van der Waals surface area contributed by atoms with Gasteiger partial charge in [0, 0.05) is 35.2 Å². The molecule has 1 fully saturated rings. The number of ether oxygens (including phenoxy) is 2. The minimum atomic E-state index is -5.08. The zero-order chi connectivity index (χ0) is 30.2. The van der Waals surface area contributed by atoms with Crippen LogP contribution < -0.4 is 15.8 Å². The first-order chi connectivity index (χ1) is 19.5. The molecule has 0 aliphatic carbocycles. The van der Waals surface area contributed by atoms with Gasteiger partial charge in [-0.05, 0) is 54.8 Å². The van der Waals surface area contributed by atoms with Gasteiger partial charge in [-0.15, -0.1) is 0 Å². The first kappa shape index (κ1) is 31.9.